The molecule has 1 aromatic carbocycles. The van der Waals surface area contributed by atoms with Crippen LogP contribution in [0, 0.1) is 0 Å². The Morgan fingerprint density at radius 2 is 1.92 bits per heavy atom. The zero-order valence-electron chi connectivity index (χ0n) is 20.2. The Kier molecular flexibility index (Phi) is 6.08. The molecule has 0 unspecified atom stereocenters. The molecule has 36 heavy (non-hydrogen) atoms. The lowest BCUT2D eigenvalue weighted by atomic mass is 10.0. The van der Waals surface area contributed by atoms with E-state index in [0.29, 0.717) is 63.1 Å². The summed E-state index contributed by atoms with van der Waals surface area (Å²) in [7, 11) is 1.94. The Bertz CT molecular complexity index is 1350. The maximum Gasteiger partial charge on any atom is 0.276 e. The van der Waals surface area contributed by atoms with Crippen molar-refractivity contribution in [3.05, 3.63) is 71.0 Å². The van der Waals surface area contributed by atoms with Gasteiger partial charge in [-0.1, -0.05) is 35.5 Å². The molecule has 0 atom stereocenters. The number of morpholine rings is 1. The van der Waals surface area contributed by atoms with Gasteiger partial charge in [-0.05, 0) is 5.56 Å². The Hall–Kier alpha value is -3.83. The molecule has 186 valence electrons. The van der Waals surface area contributed by atoms with Crippen LogP contribution >= 0.6 is 0 Å². The predicted octanol–water partition coefficient (Wildman–Crippen LogP) is 1.75. The first-order valence-corrected chi connectivity index (χ1v) is 12.2. The standard InChI is InChI=1S/C25H28N8O3/c1-30-22-7-8-32(25(34)21-13-19(36-29-21)15-31-9-11-35-12-10-31)16-20(22)23(28-30)24-27-26-17-33(24)14-18-5-3-2-4-6-18/h2-6,13,17H,7-12,14-16H2,1H3. The van der Waals surface area contributed by atoms with Crippen LogP contribution in [-0.2, 0) is 37.8 Å². The first-order chi connectivity index (χ1) is 17.7. The van der Waals surface area contributed by atoms with Crippen molar-refractivity contribution in [1.29, 1.82) is 0 Å². The van der Waals surface area contributed by atoms with Crippen LogP contribution in [0.25, 0.3) is 11.5 Å². The van der Waals surface area contributed by atoms with Crippen LogP contribution < -0.4 is 0 Å². The van der Waals surface area contributed by atoms with Crippen molar-refractivity contribution < 1.29 is 14.1 Å². The molecule has 4 aromatic rings. The van der Waals surface area contributed by atoms with Crippen LogP contribution in [0.4, 0.5) is 0 Å². The number of fused-ring (bicyclic) bond motifs is 1. The molecule has 0 radical (unpaired) electrons. The molecule has 0 bridgehead atoms. The third kappa shape index (κ3) is 4.42. The number of hydrogen-bond donors (Lipinski definition) is 0. The van der Waals surface area contributed by atoms with Gasteiger partial charge in [0.15, 0.2) is 17.3 Å². The van der Waals surface area contributed by atoms with E-state index in [-0.39, 0.29) is 5.91 Å². The summed E-state index contributed by atoms with van der Waals surface area (Å²) < 4.78 is 14.8. The number of ether oxygens (including phenoxy) is 1. The van der Waals surface area contributed by atoms with Gasteiger partial charge in [0, 0.05) is 50.4 Å². The van der Waals surface area contributed by atoms with E-state index in [9.17, 15) is 4.79 Å². The van der Waals surface area contributed by atoms with Gasteiger partial charge >= 0.3 is 0 Å². The lowest BCUT2D eigenvalue weighted by molar-refractivity contribution is 0.0305. The van der Waals surface area contributed by atoms with Gasteiger partial charge in [0.1, 0.15) is 12.0 Å². The van der Waals surface area contributed by atoms with Gasteiger partial charge < -0.3 is 18.7 Å². The summed E-state index contributed by atoms with van der Waals surface area (Å²) in [4.78, 5) is 17.4. The van der Waals surface area contributed by atoms with Crippen molar-refractivity contribution in [3.8, 4) is 11.5 Å². The second-order valence-corrected chi connectivity index (χ2v) is 9.21. The van der Waals surface area contributed by atoms with E-state index in [1.807, 2.05) is 39.4 Å². The summed E-state index contributed by atoms with van der Waals surface area (Å²) >= 11 is 0. The summed E-state index contributed by atoms with van der Waals surface area (Å²) in [6, 6.07) is 11.9. The number of benzene rings is 1. The van der Waals surface area contributed by atoms with Gasteiger partial charge in [-0.2, -0.15) is 5.10 Å². The topological polar surface area (TPSA) is 107 Å². The van der Waals surface area contributed by atoms with Crippen LogP contribution in [0.1, 0.15) is 33.1 Å². The number of hydrogen-bond acceptors (Lipinski definition) is 8. The highest BCUT2D eigenvalue weighted by Gasteiger charge is 2.31. The number of carbonyl (C=O) groups is 1. The average Bonchev–Trinajstić information content (AvgIpc) is 3.64. The Balaban J connectivity index is 1.21. The van der Waals surface area contributed by atoms with Crippen molar-refractivity contribution in [1.82, 2.24) is 39.5 Å². The third-order valence-corrected chi connectivity index (χ3v) is 6.81. The predicted molar refractivity (Wildman–Crippen MR) is 129 cm³/mol. The SMILES string of the molecule is Cn1nc(-c2nncn2Cc2ccccc2)c2c1CCN(C(=O)c1cc(CN3CCOCC3)on1)C2. The Labute approximate surface area is 208 Å². The van der Waals surface area contributed by atoms with E-state index < -0.39 is 0 Å². The average molecular weight is 489 g/mol. The quantitative estimate of drug-likeness (QED) is 0.404. The van der Waals surface area contributed by atoms with Crippen LogP contribution in [0.5, 0.6) is 0 Å². The number of nitrogens with zero attached hydrogens (tertiary/aromatic N) is 8. The molecule has 5 heterocycles. The third-order valence-electron chi connectivity index (χ3n) is 6.81. The highest BCUT2D eigenvalue weighted by atomic mass is 16.5. The van der Waals surface area contributed by atoms with Crippen molar-refractivity contribution in [2.24, 2.45) is 7.05 Å². The monoisotopic (exact) mass is 488 g/mol. The summed E-state index contributed by atoms with van der Waals surface area (Å²) in [5.41, 5.74) is 4.35. The molecule has 6 rings (SSSR count). The van der Waals surface area contributed by atoms with E-state index in [4.69, 9.17) is 14.4 Å². The molecule has 0 spiro atoms. The molecule has 2 aliphatic rings. The van der Waals surface area contributed by atoms with Crippen LogP contribution in [-0.4, -0.2) is 78.3 Å². The first kappa shape index (κ1) is 22.6. The van der Waals surface area contributed by atoms with Crippen LogP contribution in [0.15, 0.2) is 47.2 Å². The Morgan fingerprint density at radius 1 is 1.08 bits per heavy atom. The van der Waals surface area contributed by atoms with Crippen LogP contribution in [0.3, 0.4) is 0 Å². The molecule has 0 saturated carbocycles. The van der Waals surface area contributed by atoms with E-state index in [2.05, 4.69) is 32.4 Å². The number of aryl methyl sites for hydroxylation is 1. The summed E-state index contributed by atoms with van der Waals surface area (Å²) in [5, 5.41) is 17.4. The van der Waals surface area contributed by atoms with Crippen LogP contribution in [0.2, 0.25) is 0 Å². The molecular weight excluding hydrogens is 460 g/mol. The highest BCUT2D eigenvalue weighted by Crippen LogP contribution is 2.29. The minimum absolute atomic E-state index is 0.141. The number of aromatic nitrogens is 6. The van der Waals surface area contributed by atoms with Crippen molar-refractivity contribution in [2.75, 3.05) is 32.8 Å². The molecule has 1 fully saturated rings. The summed E-state index contributed by atoms with van der Waals surface area (Å²) in [6.45, 7) is 5.40. The molecule has 2 aliphatic heterocycles. The molecule has 1 amide bonds. The van der Waals surface area contributed by atoms with E-state index in [0.717, 1.165) is 35.6 Å². The second kappa shape index (κ2) is 9.67. The fraction of sp³-hybridized carbons (Fsp3) is 0.400. The minimum atomic E-state index is -0.141. The first-order valence-electron chi connectivity index (χ1n) is 12.2. The zero-order chi connectivity index (χ0) is 24.5. The van der Waals surface area contributed by atoms with Gasteiger partial charge in [0.05, 0.1) is 32.8 Å². The molecule has 0 N–H and O–H groups in total. The molecule has 11 nitrogen and oxygen atoms in total. The van der Waals surface area contributed by atoms with Gasteiger partial charge in [-0.15, -0.1) is 10.2 Å². The fourth-order valence-corrected chi connectivity index (χ4v) is 4.91. The van der Waals surface area contributed by atoms with Gasteiger partial charge in [-0.3, -0.25) is 14.4 Å². The summed E-state index contributed by atoms with van der Waals surface area (Å²) in [6.07, 6.45) is 2.43. The largest absolute Gasteiger partial charge is 0.379 e. The maximum atomic E-state index is 13.3. The van der Waals surface area contributed by atoms with E-state index >= 15 is 0 Å². The lowest BCUT2D eigenvalue weighted by Gasteiger charge is -2.27. The normalized spacial score (nSPS) is 16.3. The van der Waals surface area contributed by atoms with Gasteiger partial charge in [0.25, 0.3) is 5.91 Å². The van der Waals surface area contributed by atoms with Crippen molar-refractivity contribution in [3.63, 3.8) is 0 Å². The number of rotatable bonds is 6. The second-order valence-electron chi connectivity index (χ2n) is 9.21. The Morgan fingerprint density at radius 3 is 2.75 bits per heavy atom. The molecule has 11 heteroatoms. The zero-order valence-corrected chi connectivity index (χ0v) is 20.2. The van der Waals surface area contributed by atoms with E-state index in [1.165, 1.54) is 0 Å². The fourth-order valence-electron chi connectivity index (χ4n) is 4.91. The molecule has 3 aromatic heterocycles. The lowest BCUT2D eigenvalue weighted by Crippen LogP contribution is -2.36. The van der Waals surface area contributed by atoms with E-state index in [1.54, 1.807) is 12.4 Å². The maximum absolute atomic E-state index is 13.3. The van der Waals surface area contributed by atoms with Gasteiger partial charge in [-0.25, -0.2) is 0 Å². The molecular formula is C25H28N8O3. The number of amides is 1. The molecule has 1 saturated heterocycles. The minimum Gasteiger partial charge on any atom is -0.379 e. The van der Waals surface area contributed by atoms with Crippen molar-refractivity contribution >= 4 is 5.91 Å². The highest BCUT2D eigenvalue weighted by molar-refractivity contribution is 5.92. The number of carbonyl (C=O) groups excluding carboxylic acids is 1. The molecule has 0 aliphatic carbocycles. The van der Waals surface area contributed by atoms with Gasteiger partial charge in [0.2, 0.25) is 0 Å². The van der Waals surface area contributed by atoms with Crippen molar-refractivity contribution in [2.45, 2.75) is 26.1 Å². The summed E-state index contributed by atoms with van der Waals surface area (Å²) in [5.74, 6) is 1.24. The smallest absolute Gasteiger partial charge is 0.276 e.